The first-order valence-corrected chi connectivity index (χ1v) is 7.17. The number of halogens is 4. The van der Waals surface area contributed by atoms with Crippen LogP contribution in [0.15, 0.2) is 48.5 Å². The molecule has 24 heavy (non-hydrogen) atoms. The number of hydrogen-bond donors (Lipinski definition) is 1. The molecule has 0 aliphatic heterocycles. The molecule has 0 atom stereocenters. The summed E-state index contributed by atoms with van der Waals surface area (Å²) in [5.74, 6) is 0.174. The molecule has 0 radical (unpaired) electrons. The van der Waals surface area contributed by atoms with E-state index < -0.39 is 17.6 Å². The van der Waals surface area contributed by atoms with E-state index in [1.165, 1.54) is 19.3 Å². The molecule has 0 saturated carbocycles. The van der Waals surface area contributed by atoms with Gasteiger partial charge in [0.1, 0.15) is 5.75 Å². The van der Waals surface area contributed by atoms with E-state index in [1.807, 2.05) is 0 Å². The number of rotatable bonds is 4. The number of benzene rings is 2. The predicted molar refractivity (Wildman–Crippen MR) is 87.1 cm³/mol. The summed E-state index contributed by atoms with van der Waals surface area (Å²) in [7, 11) is 1.53. The third-order valence-corrected chi connectivity index (χ3v) is 3.41. The average Bonchev–Trinajstić information content (AvgIpc) is 2.53. The predicted octanol–water partition coefficient (Wildman–Crippen LogP) is 5.02. The zero-order valence-electron chi connectivity index (χ0n) is 12.5. The Kier molecular flexibility index (Phi) is 5.51. The molecular weight excluding hydrogens is 343 g/mol. The summed E-state index contributed by atoms with van der Waals surface area (Å²) < 4.78 is 43.3. The number of ether oxygens (including phenoxy) is 1. The molecule has 2 aromatic rings. The smallest absolute Gasteiger partial charge is 0.417 e. The monoisotopic (exact) mass is 355 g/mol. The number of alkyl halides is 3. The minimum Gasteiger partial charge on any atom is -0.497 e. The van der Waals surface area contributed by atoms with Gasteiger partial charge >= 0.3 is 6.18 Å². The first-order chi connectivity index (χ1) is 11.3. The van der Waals surface area contributed by atoms with Gasteiger partial charge in [0.25, 0.3) is 0 Å². The van der Waals surface area contributed by atoms with E-state index in [9.17, 15) is 18.0 Å². The SMILES string of the molecule is COc1ccc(NC(=O)/C=C/c2ccc(Cl)c(C(F)(F)F)c2)cc1. The normalized spacial score (nSPS) is 11.5. The van der Waals surface area contributed by atoms with Crippen LogP contribution in [0.25, 0.3) is 6.08 Å². The van der Waals surface area contributed by atoms with Crippen LogP contribution in [0, 0.1) is 0 Å². The van der Waals surface area contributed by atoms with Gasteiger partial charge in [0.2, 0.25) is 5.91 Å². The minimum atomic E-state index is -4.55. The Hall–Kier alpha value is -2.47. The van der Waals surface area contributed by atoms with E-state index in [0.29, 0.717) is 11.4 Å². The first kappa shape index (κ1) is 17.9. The molecule has 0 aromatic heterocycles. The van der Waals surface area contributed by atoms with Gasteiger partial charge in [0.05, 0.1) is 17.7 Å². The number of carbonyl (C=O) groups excluding carboxylic acids is 1. The van der Waals surface area contributed by atoms with Crippen LogP contribution in [0.3, 0.4) is 0 Å². The van der Waals surface area contributed by atoms with Crippen molar-refractivity contribution in [2.75, 3.05) is 12.4 Å². The van der Waals surface area contributed by atoms with Gasteiger partial charge in [-0.15, -0.1) is 0 Å². The van der Waals surface area contributed by atoms with Gasteiger partial charge < -0.3 is 10.1 Å². The Morgan fingerprint density at radius 1 is 1.17 bits per heavy atom. The van der Waals surface area contributed by atoms with Crippen LogP contribution in [0.4, 0.5) is 18.9 Å². The van der Waals surface area contributed by atoms with Crippen molar-refractivity contribution >= 4 is 29.3 Å². The zero-order valence-corrected chi connectivity index (χ0v) is 13.3. The fraction of sp³-hybridized carbons (Fsp3) is 0.118. The van der Waals surface area contributed by atoms with Gasteiger partial charge in [0, 0.05) is 11.8 Å². The van der Waals surface area contributed by atoms with Crippen molar-refractivity contribution in [1.82, 2.24) is 0 Å². The minimum absolute atomic E-state index is 0.219. The summed E-state index contributed by atoms with van der Waals surface area (Å²) in [5, 5.41) is 2.20. The van der Waals surface area contributed by atoms with Gasteiger partial charge in [0.15, 0.2) is 0 Å². The summed E-state index contributed by atoms with van der Waals surface area (Å²) in [6.45, 7) is 0. The molecule has 1 N–H and O–H groups in total. The van der Waals surface area contributed by atoms with E-state index >= 15 is 0 Å². The van der Waals surface area contributed by atoms with E-state index in [-0.39, 0.29) is 10.6 Å². The molecule has 1 amide bonds. The van der Waals surface area contributed by atoms with Crippen molar-refractivity contribution in [3.05, 3.63) is 64.7 Å². The maximum Gasteiger partial charge on any atom is 0.417 e. The lowest BCUT2D eigenvalue weighted by Crippen LogP contribution is -2.08. The molecule has 0 bridgehead atoms. The van der Waals surface area contributed by atoms with Crippen LogP contribution >= 0.6 is 11.6 Å². The van der Waals surface area contributed by atoms with Crippen molar-refractivity contribution in [1.29, 1.82) is 0 Å². The molecule has 0 aliphatic carbocycles. The largest absolute Gasteiger partial charge is 0.497 e. The summed E-state index contributed by atoms with van der Waals surface area (Å²) in [4.78, 5) is 11.8. The summed E-state index contributed by atoms with van der Waals surface area (Å²) in [5.41, 5.74) is -0.184. The van der Waals surface area contributed by atoms with Crippen LogP contribution in [0.5, 0.6) is 5.75 Å². The van der Waals surface area contributed by atoms with Gasteiger partial charge in [-0.1, -0.05) is 17.7 Å². The maximum atomic E-state index is 12.8. The lowest BCUT2D eigenvalue weighted by atomic mass is 10.1. The highest BCUT2D eigenvalue weighted by atomic mass is 35.5. The second kappa shape index (κ2) is 7.40. The average molecular weight is 356 g/mol. The second-order valence-electron chi connectivity index (χ2n) is 4.79. The molecule has 3 nitrogen and oxygen atoms in total. The van der Waals surface area contributed by atoms with Crippen molar-refractivity contribution in [3.63, 3.8) is 0 Å². The first-order valence-electron chi connectivity index (χ1n) is 6.79. The van der Waals surface area contributed by atoms with Gasteiger partial charge in [-0.2, -0.15) is 13.2 Å². The molecule has 0 spiro atoms. The number of carbonyl (C=O) groups is 1. The van der Waals surface area contributed by atoms with Crippen molar-refractivity contribution in [2.24, 2.45) is 0 Å². The molecule has 0 unspecified atom stereocenters. The number of methoxy groups -OCH3 is 1. The van der Waals surface area contributed by atoms with E-state index in [1.54, 1.807) is 24.3 Å². The molecule has 0 fully saturated rings. The molecule has 2 aromatic carbocycles. The molecular formula is C17H13ClF3NO2. The van der Waals surface area contributed by atoms with Crippen molar-refractivity contribution in [3.8, 4) is 5.75 Å². The van der Waals surface area contributed by atoms with Gasteiger partial charge in [-0.3, -0.25) is 4.79 Å². The Morgan fingerprint density at radius 2 is 1.83 bits per heavy atom. The highest BCUT2D eigenvalue weighted by Crippen LogP contribution is 2.35. The Labute approximate surface area is 141 Å². The number of anilines is 1. The number of amides is 1. The number of hydrogen-bond acceptors (Lipinski definition) is 2. The molecule has 0 saturated heterocycles. The second-order valence-corrected chi connectivity index (χ2v) is 5.20. The highest BCUT2D eigenvalue weighted by Gasteiger charge is 2.33. The Bertz CT molecular complexity index is 755. The van der Waals surface area contributed by atoms with Gasteiger partial charge in [-0.25, -0.2) is 0 Å². The molecule has 0 aliphatic rings. The van der Waals surface area contributed by atoms with Crippen LogP contribution in [0.1, 0.15) is 11.1 Å². The third kappa shape index (κ3) is 4.76. The molecule has 0 heterocycles. The molecule has 7 heteroatoms. The fourth-order valence-electron chi connectivity index (χ4n) is 1.89. The standard InChI is InChI=1S/C17H13ClF3NO2/c1-24-13-6-4-12(5-7-13)22-16(23)9-3-11-2-8-15(18)14(10-11)17(19,20)21/h2-10H,1H3,(H,22,23)/b9-3+. The summed E-state index contributed by atoms with van der Waals surface area (Å²) in [6, 6.07) is 10.1. The van der Waals surface area contributed by atoms with Crippen molar-refractivity contribution in [2.45, 2.75) is 6.18 Å². The van der Waals surface area contributed by atoms with Crippen molar-refractivity contribution < 1.29 is 22.7 Å². The van der Waals surface area contributed by atoms with E-state index in [4.69, 9.17) is 16.3 Å². The lowest BCUT2D eigenvalue weighted by molar-refractivity contribution is -0.137. The van der Waals surface area contributed by atoms with E-state index in [0.717, 1.165) is 18.2 Å². The summed E-state index contributed by atoms with van der Waals surface area (Å²) in [6.07, 6.45) is -2.12. The zero-order chi connectivity index (χ0) is 17.7. The van der Waals surface area contributed by atoms with Crippen LogP contribution in [0.2, 0.25) is 5.02 Å². The third-order valence-electron chi connectivity index (χ3n) is 3.08. The summed E-state index contributed by atoms with van der Waals surface area (Å²) >= 11 is 5.54. The Balaban J connectivity index is 2.08. The topological polar surface area (TPSA) is 38.3 Å². The lowest BCUT2D eigenvalue weighted by Gasteiger charge is -2.09. The van der Waals surface area contributed by atoms with Gasteiger partial charge in [-0.05, 0) is 48.0 Å². The van der Waals surface area contributed by atoms with E-state index in [2.05, 4.69) is 5.32 Å². The van der Waals surface area contributed by atoms with Crippen LogP contribution in [-0.2, 0) is 11.0 Å². The quantitative estimate of drug-likeness (QED) is 0.782. The fourth-order valence-corrected chi connectivity index (χ4v) is 2.12. The maximum absolute atomic E-state index is 12.8. The molecule has 126 valence electrons. The number of nitrogens with one attached hydrogen (secondary N) is 1. The Morgan fingerprint density at radius 3 is 2.42 bits per heavy atom. The highest BCUT2D eigenvalue weighted by molar-refractivity contribution is 6.31. The van der Waals surface area contributed by atoms with Crippen LogP contribution in [-0.4, -0.2) is 13.0 Å². The molecule has 2 rings (SSSR count). The van der Waals surface area contributed by atoms with Crippen LogP contribution < -0.4 is 10.1 Å².